The summed E-state index contributed by atoms with van der Waals surface area (Å²) in [5.74, 6) is -0.778. The van der Waals surface area contributed by atoms with Crippen molar-refractivity contribution in [3.63, 3.8) is 0 Å². The van der Waals surface area contributed by atoms with Crippen LogP contribution in [0.25, 0.3) is 5.65 Å². The van der Waals surface area contributed by atoms with Crippen LogP contribution in [-0.2, 0) is 9.53 Å². The summed E-state index contributed by atoms with van der Waals surface area (Å²) in [5, 5.41) is 9.63. The van der Waals surface area contributed by atoms with E-state index in [-0.39, 0.29) is 11.5 Å². The van der Waals surface area contributed by atoms with Gasteiger partial charge in [-0.25, -0.2) is 14.3 Å². The van der Waals surface area contributed by atoms with E-state index in [2.05, 4.69) is 20.7 Å². The minimum absolute atomic E-state index is 0.210. The summed E-state index contributed by atoms with van der Waals surface area (Å²) >= 11 is 0. The fourth-order valence-electron chi connectivity index (χ4n) is 3.35. The van der Waals surface area contributed by atoms with Crippen molar-refractivity contribution in [2.75, 3.05) is 23.8 Å². The van der Waals surface area contributed by atoms with E-state index in [0.29, 0.717) is 34.9 Å². The highest BCUT2D eigenvalue weighted by Crippen LogP contribution is 2.18. The van der Waals surface area contributed by atoms with Gasteiger partial charge in [0, 0.05) is 29.3 Å². The van der Waals surface area contributed by atoms with Crippen molar-refractivity contribution >= 4 is 34.8 Å². The lowest BCUT2D eigenvalue weighted by Gasteiger charge is -2.09. The highest BCUT2D eigenvalue weighted by molar-refractivity contribution is 6.05. The molecule has 4 rings (SSSR count). The zero-order valence-electron chi connectivity index (χ0n) is 19.1. The predicted octanol–water partition coefficient (Wildman–Crippen LogP) is 3.48. The largest absolute Gasteiger partial charge is 0.494 e. The number of fused-ring (bicyclic) bond motifs is 1. The number of carbonyl (C=O) groups excluding carboxylic acids is 3. The van der Waals surface area contributed by atoms with E-state index in [0.717, 1.165) is 5.75 Å². The van der Waals surface area contributed by atoms with E-state index in [4.69, 9.17) is 9.47 Å². The SMILES string of the molecule is CCOc1ccc(NC(=O)c2ccc(NC(=O)COC(=O)c3c(C)nn4cccnc34)cc2)cc1. The van der Waals surface area contributed by atoms with Crippen molar-refractivity contribution in [1.82, 2.24) is 14.6 Å². The van der Waals surface area contributed by atoms with Gasteiger partial charge in [-0.15, -0.1) is 0 Å². The summed E-state index contributed by atoms with van der Waals surface area (Å²) in [6.07, 6.45) is 3.21. The molecule has 10 nitrogen and oxygen atoms in total. The number of anilines is 2. The molecule has 178 valence electrons. The van der Waals surface area contributed by atoms with Crippen LogP contribution in [0.1, 0.15) is 33.3 Å². The molecule has 4 aromatic rings. The molecule has 0 bridgehead atoms. The fraction of sp³-hybridized carbons (Fsp3) is 0.160. The van der Waals surface area contributed by atoms with Crippen molar-refractivity contribution in [2.24, 2.45) is 0 Å². The minimum atomic E-state index is -0.687. The number of benzene rings is 2. The number of hydrogen-bond acceptors (Lipinski definition) is 7. The molecule has 0 saturated carbocycles. The first-order valence-corrected chi connectivity index (χ1v) is 10.9. The van der Waals surface area contributed by atoms with Gasteiger partial charge in [-0.2, -0.15) is 5.10 Å². The molecule has 0 aliphatic rings. The smallest absolute Gasteiger partial charge is 0.344 e. The van der Waals surface area contributed by atoms with Crippen LogP contribution in [0.2, 0.25) is 0 Å². The van der Waals surface area contributed by atoms with Gasteiger partial charge in [0.05, 0.1) is 12.3 Å². The van der Waals surface area contributed by atoms with Crippen LogP contribution >= 0.6 is 0 Å². The lowest BCUT2D eigenvalue weighted by atomic mass is 10.2. The molecule has 0 spiro atoms. The number of nitrogens with one attached hydrogen (secondary N) is 2. The van der Waals surface area contributed by atoms with Gasteiger partial charge < -0.3 is 20.1 Å². The number of esters is 1. The average Bonchev–Trinajstić information content (AvgIpc) is 3.20. The van der Waals surface area contributed by atoms with E-state index >= 15 is 0 Å². The normalized spacial score (nSPS) is 10.6. The molecule has 0 radical (unpaired) electrons. The second kappa shape index (κ2) is 10.5. The van der Waals surface area contributed by atoms with E-state index in [1.165, 1.54) is 4.52 Å². The molecule has 2 heterocycles. The monoisotopic (exact) mass is 473 g/mol. The third-order valence-electron chi connectivity index (χ3n) is 4.96. The fourth-order valence-corrected chi connectivity index (χ4v) is 3.35. The van der Waals surface area contributed by atoms with Crippen molar-refractivity contribution in [3.8, 4) is 5.75 Å². The molecule has 0 aliphatic carbocycles. The first kappa shape index (κ1) is 23.4. The Balaban J connectivity index is 1.30. The second-order valence-electron chi connectivity index (χ2n) is 7.46. The van der Waals surface area contributed by atoms with Gasteiger partial charge in [0.15, 0.2) is 12.3 Å². The molecule has 10 heteroatoms. The maximum absolute atomic E-state index is 12.5. The molecule has 2 amide bonds. The Morgan fingerprint density at radius 3 is 2.37 bits per heavy atom. The van der Waals surface area contributed by atoms with Gasteiger partial charge in [-0.3, -0.25) is 9.59 Å². The van der Waals surface area contributed by atoms with E-state index in [1.807, 2.05) is 6.92 Å². The number of nitrogens with zero attached hydrogens (tertiary/aromatic N) is 3. The van der Waals surface area contributed by atoms with Crippen LogP contribution in [0.15, 0.2) is 67.0 Å². The number of ether oxygens (including phenoxy) is 2. The molecule has 0 aliphatic heterocycles. The molecule has 0 fully saturated rings. The Morgan fingerprint density at radius 2 is 1.66 bits per heavy atom. The Labute approximate surface area is 200 Å². The number of aryl methyl sites for hydroxylation is 1. The van der Waals surface area contributed by atoms with Crippen LogP contribution in [0.5, 0.6) is 5.75 Å². The Kier molecular flexibility index (Phi) is 7.01. The zero-order valence-corrected chi connectivity index (χ0v) is 19.1. The molecule has 2 aromatic heterocycles. The first-order chi connectivity index (χ1) is 16.9. The summed E-state index contributed by atoms with van der Waals surface area (Å²) < 4.78 is 12.0. The van der Waals surface area contributed by atoms with E-state index < -0.39 is 18.5 Å². The summed E-state index contributed by atoms with van der Waals surface area (Å²) in [6.45, 7) is 3.65. The van der Waals surface area contributed by atoms with Crippen molar-refractivity contribution in [3.05, 3.63) is 83.8 Å². The molecule has 0 atom stereocenters. The van der Waals surface area contributed by atoms with E-state index in [1.54, 1.807) is 73.9 Å². The van der Waals surface area contributed by atoms with Crippen LogP contribution in [0, 0.1) is 6.92 Å². The number of amides is 2. The third-order valence-corrected chi connectivity index (χ3v) is 4.96. The summed E-state index contributed by atoms with van der Waals surface area (Å²) in [4.78, 5) is 41.3. The predicted molar refractivity (Wildman–Crippen MR) is 129 cm³/mol. The highest BCUT2D eigenvalue weighted by Gasteiger charge is 2.20. The Bertz CT molecular complexity index is 1360. The van der Waals surface area contributed by atoms with Crippen molar-refractivity contribution in [1.29, 1.82) is 0 Å². The van der Waals surface area contributed by atoms with Crippen molar-refractivity contribution < 1.29 is 23.9 Å². The Morgan fingerprint density at radius 1 is 0.971 bits per heavy atom. The number of aromatic nitrogens is 3. The number of carbonyl (C=O) groups is 3. The highest BCUT2D eigenvalue weighted by atomic mass is 16.5. The van der Waals surface area contributed by atoms with Gasteiger partial charge >= 0.3 is 5.97 Å². The Hall–Kier alpha value is -4.73. The van der Waals surface area contributed by atoms with Crippen LogP contribution in [0.4, 0.5) is 11.4 Å². The maximum atomic E-state index is 12.5. The number of hydrogen-bond donors (Lipinski definition) is 2. The molecule has 0 saturated heterocycles. The van der Waals surface area contributed by atoms with Crippen LogP contribution in [0.3, 0.4) is 0 Å². The van der Waals surface area contributed by atoms with Gasteiger partial charge in [0.1, 0.15) is 11.3 Å². The second-order valence-corrected chi connectivity index (χ2v) is 7.46. The summed E-state index contributed by atoms with van der Waals surface area (Å²) in [6, 6.07) is 15.1. The van der Waals surface area contributed by atoms with Gasteiger partial charge in [0.2, 0.25) is 0 Å². The molecular formula is C25H23N5O5. The lowest BCUT2D eigenvalue weighted by Crippen LogP contribution is -2.21. The average molecular weight is 473 g/mol. The topological polar surface area (TPSA) is 124 Å². The first-order valence-electron chi connectivity index (χ1n) is 10.9. The molecule has 35 heavy (non-hydrogen) atoms. The summed E-state index contributed by atoms with van der Waals surface area (Å²) in [7, 11) is 0. The van der Waals surface area contributed by atoms with Crippen LogP contribution < -0.4 is 15.4 Å². The minimum Gasteiger partial charge on any atom is -0.494 e. The lowest BCUT2D eigenvalue weighted by molar-refractivity contribution is -0.119. The van der Waals surface area contributed by atoms with E-state index in [9.17, 15) is 14.4 Å². The van der Waals surface area contributed by atoms with Gasteiger partial charge in [0.25, 0.3) is 11.8 Å². The van der Waals surface area contributed by atoms with Gasteiger partial charge in [-0.1, -0.05) is 0 Å². The third kappa shape index (κ3) is 5.61. The molecule has 2 aromatic carbocycles. The molecule has 2 N–H and O–H groups in total. The van der Waals surface area contributed by atoms with Gasteiger partial charge in [-0.05, 0) is 68.4 Å². The zero-order chi connectivity index (χ0) is 24.8. The molecular weight excluding hydrogens is 450 g/mol. The number of rotatable bonds is 8. The summed E-state index contributed by atoms with van der Waals surface area (Å²) in [5.41, 5.74) is 2.52. The maximum Gasteiger partial charge on any atom is 0.344 e. The standard InChI is InChI=1S/C25H23N5O5/c1-3-34-20-11-9-19(10-12-20)28-24(32)17-5-7-18(8-6-17)27-21(31)15-35-25(33)22-16(2)29-30-14-4-13-26-23(22)30/h4-14H,3,15H2,1-2H3,(H,27,31)(H,28,32). The van der Waals surface area contributed by atoms with Crippen molar-refractivity contribution in [2.45, 2.75) is 13.8 Å². The quantitative estimate of drug-likeness (QED) is 0.376. The molecule has 0 unspecified atom stereocenters. The van der Waals surface area contributed by atoms with Crippen LogP contribution in [-0.4, -0.2) is 45.6 Å².